The molecule has 0 saturated carbocycles. The molecule has 0 fully saturated rings. The molecule has 9 nitrogen and oxygen atoms in total. The Morgan fingerprint density at radius 3 is 1.68 bits per heavy atom. The fourth-order valence-electron chi connectivity index (χ4n) is 1.97. The average molecular weight is 577 g/mol. The number of azo groups is 1. The van der Waals surface area contributed by atoms with Crippen molar-refractivity contribution in [3.05, 3.63) is 115 Å². The summed E-state index contributed by atoms with van der Waals surface area (Å²) in [7, 11) is 0. The van der Waals surface area contributed by atoms with Gasteiger partial charge < -0.3 is 20.7 Å². The summed E-state index contributed by atoms with van der Waals surface area (Å²) in [4.78, 5) is 7.57. The minimum atomic E-state index is -0.360. The van der Waals surface area contributed by atoms with E-state index < -0.39 is 0 Å². The summed E-state index contributed by atoms with van der Waals surface area (Å²) in [5.74, 6) is -0.998. The van der Waals surface area contributed by atoms with E-state index in [0.717, 1.165) is 0 Å². The van der Waals surface area contributed by atoms with Crippen molar-refractivity contribution < 1.29 is 27.3 Å². The second-order valence-corrected chi connectivity index (χ2v) is 6.73. The largest absolute Gasteiger partial charge is 3.00 e. The van der Waals surface area contributed by atoms with Gasteiger partial charge in [0.1, 0.15) is 6.07 Å². The normalized spacial score (nSPS) is 9.49. The first kappa shape index (κ1) is 33.0. The number of nitrogens with zero attached hydrogens (tertiary/aromatic N) is 7. The molecule has 0 aliphatic rings. The molecule has 0 unspecified atom stereocenters. The number of pyridine rings is 2. The van der Waals surface area contributed by atoms with Crippen LogP contribution in [0.3, 0.4) is 0 Å². The van der Waals surface area contributed by atoms with Crippen LogP contribution in [0.1, 0.15) is 0 Å². The zero-order valence-electron chi connectivity index (χ0n) is 19.2. The predicted octanol–water partition coefficient (Wildman–Crippen LogP) is 6.04. The Labute approximate surface area is 235 Å². The molecule has 2 heterocycles. The van der Waals surface area contributed by atoms with E-state index in [0.29, 0.717) is 0 Å². The van der Waals surface area contributed by atoms with Crippen molar-refractivity contribution in [2.24, 2.45) is 15.3 Å². The molecule has 0 bridgehead atoms. The van der Waals surface area contributed by atoms with Crippen molar-refractivity contribution in [3.63, 3.8) is 0 Å². The Bertz CT molecular complexity index is 1130. The van der Waals surface area contributed by atoms with Gasteiger partial charge in [0, 0.05) is 24.8 Å². The Balaban J connectivity index is 0.000000656. The Kier molecular flexibility index (Phi) is 20.0. The molecule has 1 radical (unpaired) electrons. The van der Waals surface area contributed by atoms with Crippen LogP contribution < -0.4 is 10.2 Å². The molecule has 0 spiro atoms. The Morgan fingerprint density at radius 1 is 0.784 bits per heavy atom. The van der Waals surface area contributed by atoms with Gasteiger partial charge in [-0.25, -0.2) is 0 Å². The van der Waals surface area contributed by atoms with Crippen molar-refractivity contribution in [1.29, 1.82) is 5.26 Å². The first-order chi connectivity index (χ1) is 17.6. The van der Waals surface area contributed by atoms with E-state index in [1.54, 1.807) is 55.1 Å². The van der Waals surface area contributed by atoms with Crippen LogP contribution in [0.25, 0.3) is 5.43 Å². The third-order valence-electron chi connectivity index (χ3n) is 3.47. The SMILES string of the molecule is ClCCl.N#C/C(N=Nc1ccccc1[O-])=N/[N-]c1ccccc1[O-].[Fe+3].c1ccncc1.c1ccncc1. The van der Waals surface area contributed by atoms with Gasteiger partial charge in [0.05, 0.1) is 11.0 Å². The number of benzene rings is 2. The van der Waals surface area contributed by atoms with Crippen LogP contribution in [0, 0.1) is 11.3 Å². The number of hydrogen-bond acceptors (Lipinski definition) is 7. The van der Waals surface area contributed by atoms with Crippen LogP contribution in [0.4, 0.5) is 11.4 Å². The van der Waals surface area contributed by atoms with Gasteiger partial charge in [-0.3, -0.25) is 9.97 Å². The first-order valence-corrected chi connectivity index (χ1v) is 11.1. The molecule has 0 saturated heterocycles. The zero-order valence-corrected chi connectivity index (χ0v) is 21.8. The Morgan fingerprint density at radius 2 is 1.27 bits per heavy atom. The minimum absolute atomic E-state index is 0. The van der Waals surface area contributed by atoms with E-state index in [4.69, 9.17) is 28.5 Å². The second kappa shape index (κ2) is 22.5. The number of alkyl halides is 2. The fourth-order valence-corrected chi connectivity index (χ4v) is 1.97. The van der Waals surface area contributed by atoms with Crippen molar-refractivity contribution >= 4 is 40.4 Å². The van der Waals surface area contributed by atoms with Crippen LogP contribution in [0.2, 0.25) is 0 Å². The van der Waals surface area contributed by atoms with Gasteiger partial charge in [-0.2, -0.15) is 5.26 Å². The molecule has 12 heteroatoms. The molecule has 189 valence electrons. The van der Waals surface area contributed by atoms with Crippen LogP contribution in [-0.4, -0.2) is 21.1 Å². The smallest absolute Gasteiger partial charge is 0.873 e. The quantitative estimate of drug-likeness (QED) is 0.0727. The van der Waals surface area contributed by atoms with Crippen molar-refractivity contribution in [2.75, 3.05) is 5.34 Å². The summed E-state index contributed by atoms with van der Waals surface area (Å²) in [6, 6.07) is 25.1. The van der Waals surface area contributed by atoms with E-state index in [1.165, 1.54) is 24.3 Å². The molecule has 0 N–H and O–H groups in total. The van der Waals surface area contributed by atoms with Crippen LogP contribution >= 0.6 is 23.2 Å². The standard InChI is InChI=1S/C14H10N5O2.2C5H5N.CH2Cl2.Fe/c15-9-14(18-16-10-5-1-3-7-12(10)20)19-17-11-6-2-4-8-13(11)21;2*1-2-4-6-5-3-1;2-1-3;/h1-8H,(H2-,16,17,18,19,20,21);2*1-5H;1H2;/q-1;;;;+3/p-2. The van der Waals surface area contributed by atoms with Gasteiger partial charge in [-0.05, 0) is 30.3 Å². The molecular weight excluding hydrogens is 557 g/mol. The number of amidine groups is 1. The molecule has 2 aromatic carbocycles. The summed E-state index contributed by atoms with van der Waals surface area (Å²) in [6.07, 6.45) is 7.00. The fraction of sp³-hybridized carbons (Fsp3) is 0.0400. The molecule has 4 aromatic rings. The van der Waals surface area contributed by atoms with Crippen LogP contribution in [-0.2, 0) is 17.1 Å². The third-order valence-corrected chi connectivity index (χ3v) is 3.47. The molecule has 0 atom stereocenters. The molecule has 0 aliphatic carbocycles. The van der Waals surface area contributed by atoms with Gasteiger partial charge in [0.2, 0.25) is 5.84 Å². The summed E-state index contributed by atoms with van der Waals surface area (Å²) < 4.78 is 0. The monoisotopic (exact) mass is 576 g/mol. The van der Waals surface area contributed by atoms with E-state index in [1.807, 2.05) is 36.4 Å². The van der Waals surface area contributed by atoms with Gasteiger partial charge in [-0.15, -0.1) is 44.9 Å². The third kappa shape index (κ3) is 16.3. The molecule has 0 amide bonds. The van der Waals surface area contributed by atoms with Crippen LogP contribution in [0.15, 0.2) is 125 Å². The van der Waals surface area contributed by atoms with E-state index >= 15 is 0 Å². The predicted molar refractivity (Wildman–Crippen MR) is 137 cm³/mol. The number of aromatic nitrogens is 2. The minimum Gasteiger partial charge on any atom is -0.873 e. The van der Waals surface area contributed by atoms with E-state index in [2.05, 4.69) is 30.7 Å². The summed E-state index contributed by atoms with van der Waals surface area (Å²) >= 11 is 9.53. The number of hydrogen-bond donors (Lipinski definition) is 0. The summed E-state index contributed by atoms with van der Waals surface area (Å²) in [5, 5.41) is 42.6. The van der Waals surface area contributed by atoms with E-state index in [9.17, 15) is 10.2 Å². The van der Waals surface area contributed by atoms with E-state index in [-0.39, 0.29) is 51.1 Å². The second-order valence-electron chi connectivity index (χ2n) is 5.92. The van der Waals surface area contributed by atoms with Crippen molar-refractivity contribution in [3.8, 4) is 17.6 Å². The number of para-hydroxylation sites is 2. The van der Waals surface area contributed by atoms with Crippen LogP contribution in [0.5, 0.6) is 11.5 Å². The van der Waals surface area contributed by atoms with Gasteiger partial charge >= 0.3 is 17.1 Å². The number of halogens is 2. The maximum Gasteiger partial charge on any atom is 3.00 e. The maximum absolute atomic E-state index is 11.4. The molecule has 4 rings (SSSR count). The first-order valence-electron chi connectivity index (χ1n) is 10.1. The Hall–Kier alpha value is -4.00. The molecule has 0 aliphatic heterocycles. The van der Waals surface area contributed by atoms with Gasteiger partial charge in [0.15, 0.2) is 0 Å². The number of nitriles is 1. The van der Waals surface area contributed by atoms with Crippen molar-refractivity contribution in [1.82, 2.24) is 9.97 Å². The number of rotatable bonds is 3. The average Bonchev–Trinajstić information content (AvgIpc) is 2.94. The van der Waals surface area contributed by atoms with Gasteiger partial charge in [0.25, 0.3) is 0 Å². The summed E-state index contributed by atoms with van der Waals surface area (Å²) in [5.41, 5.74) is 3.81. The molecular formula is C25H20Cl2FeN7O2. The maximum atomic E-state index is 11.4. The molecule has 37 heavy (non-hydrogen) atoms. The molecule has 2 aromatic heterocycles. The van der Waals surface area contributed by atoms with Gasteiger partial charge in [-0.1, -0.05) is 60.3 Å². The zero-order chi connectivity index (χ0) is 26.3. The van der Waals surface area contributed by atoms with Crippen molar-refractivity contribution in [2.45, 2.75) is 0 Å². The topological polar surface area (TPSA) is 147 Å². The summed E-state index contributed by atoms with van der Waals surface area (Å²) in [6.45, 7) is 0.